The molecule has 48 heavy (non-hydrogen) atoms. The maximum absolute atomic E-state index is 15.1. The van der Waals surface area contributed by atoms with Gasteiger partial charge in [0.15, 0.2) is 0 Å². The third-order valence-corrected chi connectivity index (χ3v) is 10.0. The van der Waals surface area contributed by atoms with Gasteiger partial charge in [-0.3, -0.25) is 4.57 Å². The smallest absolute Gasteiger partial charge is 0.443 e. The van der Waals surface area contributed by atoms with Gasteiger partial charge in [0.05, 0.1) is 0 Å². The first-order valence-corrected chi connectivity index (χ1v) is 14.4. The van der Waals surface area contributed by atoms with Gasteiger partial charge in [0.1, 0.15) is 5.75 Å². The molecule has 1 aromatic rings. The fraction of sp³-hybridized carbons (Fsp3) is 0.739. The summed E-state index contributed by atoms with van der Waals surface area (Å²) in [5, 5.41) is 0. The zero-order chi connectivity index (χ0) is 38.2. The number of unbranched alkanes of at least 4 members (excludes halogenated alkanes) is 1. The van der Waals surface area contributed by atoms with Crippen LogP contribution in [-0.2, 0) is 16.4 Å². The largest absolute Gasteiger partial charge is 0.460 e. The molecule has 0 bridgehead atoms. The van der Waals surface area contributed by atoms with E-state index in [2.05, 4.69) is 0 Å². The number of alkyl halides is 22. The maximum Gasteiger partial charge on any atom is 0.460 e. The molecule has 1 aliphatic rings. The summed E-state index contributed by atoms with van der Waals surface area (Å²) in [6, 6.07) is -2.82. The topological polar surface area (TPSA) is 26.3 Å². The highest BCUT2D eigenvalue weighted by Crippen LogP contribution is 2.66. The number of hydrogen-bond donors (Lipinski definition) is 0. The van der Waals surface area contributed by atoms with E-state index >= 15 is 8.78 Å². The summed E-state index contributed by atoms with van der Waals surface area (Å²) in [7, 11) is -4.30. The molecule has 2 nitrogen and oxygen atoms in total. The minimum Gasteiger partial charge on any atom is -0.443 e. The van der Waals surface area contributed by atoms with Crippen LogP contribution in [0.1, 0.15) is 43.7 Å². The predicted molar refractivity (Wildman–Crippen MR) is 117 cm³/mol. The lowest BCUT2D eigenvalue weighted by molar-refractivity contribution is -0.428. The summed E-state index contributed by atoms with van der Waals surface area (Å²) in [6.45, 7) is 1.45. The first-order chi connectivity index (χ1) is 21.0. The number of hydrogen-bond acceptors (Lipinski definition) is 2. The number of halogens is 22. The Morgan fingerprint density at radius 3 is 1.29 bits per heavy atom. The van der Waals surface area contributed by atoms with Crippen LogP contribution in [0.15, 0.2) is 18.2 Å². The van der Waals surface area contributed by atoms with Gasteiger partial charge in [-0.05, 0) is 37.5 Å². The van der Waals surface area contributed by atoms with Crippen molar-refractivity contribution in [2.24, 2.45) is 0 Å². The normalized spacial score (nSPS) is 18.1. The Bertz CT molecular complexity index is 1370. The van der Waals surface area contributed by atoms with Crippen LogP contribution in [0.2, 0.25) is 0 Å². The molecule has 0 saturated heterocycles. The monoisotopic (exact) mass is 774 g/mol. The molecule has 0 heterocycles. The fourth-order valence-corrected chi connectivity index (χ4v) is 6.69. The molecule has 1 aromatic carbocycles. The zero-order valence-corrected chi connectivity index (χ0v) is 23.8. The molecule has 0 aliphatic heterocycles. The quantitative estimate of drug-likeness (QED) is 0.139. The molecular formula is C23H17F22O2P. The number of rotatable bonds is 14. The van der Waals surface area contributed by atoms with Gasteiger partial charge in [-0.15, -0.1) is 0 Å². The van der Waals surface area contributed by atoms with Gasteiger partial charge in [-0.1, -0.05) is 13.3 Å². The highest BCUT2D eigenvalue weighted by molar-refractivity contribution is 7.60. The summed E-state index contributed by atoms with van der Waals surface area (Å²) < 4.78 is 320. The molecule has 25 heteroatoms. The van der Waals surface area contributed by atoms with Gasteiger partial charge in [0, 0.05) is 22.9 Å². The summed E-state index contributed by atoms with van der Waals surface area (Å²) in [5.41, 5.74) is -9.00. The summed E-state index contributed by atoms with van der Waals surface area (Å²) in [5.74, 6) is -67.2. The third kappa shape index (κ3) is 6.17. The Balaban J connectivity index is 3.01. The van der Waals surface area contributed by atoms with Gasteiger partial charge in [0.2, 0.25) is 0 Å². The van der Waals surface area contributed by atoms with E-state index < -0.39 is 114 Å². The lowest BCUT2D eigenvalue weighted by atomic mass is 9.85. The van der Waals surface area contributed by atoms with Crippen molar-refractivity contribution in [2.45, 2.75) is 98.0 Å². The average molecular weight is 774 g/mol. The molecule has 0 spiro atoms. The highest BCUT2D eigenvalue weighted by Gasteiger charge is 2.90. The van der Waals surface area contributed by atoms with Crippen LogP contribution in [0, 0.1) is 0 Å². The van der Waals surface area contributed by atoms with E-state index in [4.69, 9.17) is 4.52 Å². The minimum atomic E-state index is -8.44. The van der Waals surface area contributed by atoms with Crippen molar-refractivity contribution in [3.05, 3.63) is 29.3 Å². The molecule has 1 unspecified atom stereocenters. The first kappa shape index (κ1) is 41.9. The second-order valence-electron chi connectivity index (χ2n) is 10.4. The minimum absolute atomic E-state index is 0.00566. The molecule has 1 aliphatic carbocycles. The van der Waals surface area contributed by atoms with Crippen molar-refractivity contribution >= 4 is 7.37 Å². The Labute approximate surface area is 253 Å². The second-order valence-corrected chi connectivity index (χ2v) is 13.2. The summed E-state index contributed by atoms with van der Waals surface area (Å²) >= 11 is 0. The van der Waals surface area contributed by atoms with Crippen molar-refractivity contribution in [1.29, 1.82) is 0 Å². The van der Waals surface area contributed by atoms with Crippen LogP contribution in [0.4, 0.5) is 96.6 Å². The molecule has 1 atom stereocenters. The lowest BCUT2D eigenvalue weighted by Crippen LogP contribution is -2.66. The standard InChI is InChI=1S/C23H17F22O2P/c1-2-3-8-48(46,11-5-6-11)47-10-4-7-12(14(24,25)16(28,29)18(32,33)20(36,37)22(40,41)42)13(9-10)15(26,27)17(30,31)19(34,35)21(38,39)23(43,44)45/h4,7,9,11H,2-3,5-6,8H2,1H3. The van der Waals surface area contributed by atoms with Crippen molar-refractivity contribution in [1.82, 2.24) is 0 Å². The molecule has 280 valence electrons. The predicted octanol–water partition coefficient (Wildman–Crippen LogP) is 11.4. The molecule has 0 N–H and O–H groups in total. The molecule has 0 amide bonds. The molecule has 0 aromatic heterocycles. The Kier molecular flexibility index (Phi) is 10.4. The van der Waals surface area contributed by atoms with Crippen LogP contribution in [0.25, 0.3) is 0 Å². The van der Waals surface area contributed by atoms with E-state index in [1.165, 1.54) is 6.92 Å². The van der Waals surface area contributed by atoms with Crippen LogP contribution in [0.3, 0.4) is 0 Å². The van der Waals surface area contributed by atoms with E-state index in [0.717, 1.165) is 0 Å². The Hall–Kier alpha value is -2.29. The third-order valence-electron chi connectivity index (χ3n) is 6.93. The average Bonchev–Trinajstić information content (AvgIpc) is 3.76. The lowest BCUT2D eigenvalue weighted by Gasteiger charge is -2.40. The van der Waals surface area contributed by atoms with Crippen LogP contribution >= 0.6 is 7.37 Å². The van der Waals surface area contributed by atoms with Crippen molar-refractivity contribution < 1.29 is 106 Å². The molecule has 0 radical (unpaired) electrons. The zero-order valence-electron chi connectivity index (χ0n) is 22.9. The van der Waals surface area contributed by atoms with Crippen molar-refractivity contribution in [3.63, 3.8) is 0 Å². The van der Waals surface area contributed by atoms with E-state index in [9.17, 15) is 92.4 Å². The molecule has 1 saturated carbocycles. The molecular weight excluding hydrogens is 757 g/mol. The van der Waals surface area contributed by atoms with E-state index in [1.54, 1.807) is 0 Å². The summed E-state index contributed by atoms with van der Waals surface area (Å²) in [6.07, 6.45) is -16.1. The Morgan fingerprint density at radius 2 is 0.958 bits per heavy atom. The van der Waals surface area contributed by atoms with Gasteiger partial charge in [0.25, 0.3) is 7.37 Å². The van der Waals surface area contributed by atoms with Crippen molar-refractivity contribution in [3.8, 4) is 5.75 Å². The van der Waals surface area contributed by atoms with Crippen LogP contribution in [-0.4, -0.2) is 59.7 Å². The highest BCUT2D eigenvalue weighted by atomic mass is 31.2. The van der Waals surface area contributed by atoms with E-state index in [-0.39, 0.29) is 25.7 Å². The van der Waals surface area contributed by atoms with E-state index in [1.807, 2.05) is 0 Å². The number of benzene rings is 1. The molecule has 2 rings (SSSR count). The summed E-state index contributed by atoms with van der Waals surface area (Å²) in [4.78, 5) is 0. The van der Waals surface area contributed by atoms with Gasteiger partial charge in [-0.2, -0.15) is 96.6 Å². The fourth-order valence-electron chi connectivity index (χ4n) is 3.92. The van der Waals surface area contributed by atoms with Crippen molar-refractivity contribution in [2.75, 3.05) is 6.16 Å². The second kappa shape index (κ2) is 11.9. The van der Waals surface area contributed by atoms with Gasteiger partial charge < -0.3 is 4.52 Å². The SMILES string of the molecule is CCCCP(=O)(Oc1ccc(C(F)(F)C(F)(F)C(F)(F)C(F)(F)C(F)(F)F)c(C(F)(F)C(F)(F)C(F)(F)C(F)(F)C(F)(F)F)c1)C1CC1. The molecule has 1 fully saturated rings. The van der Waals surface area contributed by atoms with Crippen LogP contribution in [0.5, 0.6) is 5.75 Å². The van der Waals surface area contributed by atoms with Gasteiger partial charge in [-0.25, -0.2) is 0 Å². The maximum atomic E-state index is 15.1. The first-order valence-electron chi connectivity index (χ1n) is 12.6. The Morgan fingerprint density at radius 1 is 0.583 bits per heavy atom. The van der Waals surface area contributed by atoms with Crippen LogP contribution < -0.4 is 4.52 Å². The van der Waals surface area contributed by atoms with Gasteiger partial charge >= 0.3 is 59.7 Å². The van der Waals surface area contributed by atoms with E-state index in [0.29, 0.717) is 0 Å².